The van der Waals surface area contributed by atoms with Crippen LogP contribution < -0.4 is 0 Å². The van der Waals surface area contributed by atoms with E-state index in [0.717, 1.165) is 11.5 Å². The van der Waals surface area contributed by atoms with Crippen molar-refractivity contribution in [1.82, 2.24) is 0 Å². The molecule has 0 aromatic heterocycles. The maximum atomic E-state index is 10.8. The van der Waals surface area contributed by atoms with Crippen LogP contribution in [0.3, 0.4) is 0 Å². The summed E-state index contributed by atoms with van der Waals surface area (Å²) in [4.78, 5) is 15.3. The topological polar surface area (TPSA) is 47.9 Å². The van der Waals surface area contributed by atoms with Gasteiger partial charge in [0, 0.05) is 19.8 Å². The van der Waals surface area contributed by atoms with Gasteiger partial charge < -0.3 is 9.47 Å². The lowest BCUT2D eigenvalue weighted by Gasteiger charge is -2.29. The second-order valence-corrected chi connectivity index (χ2v) is 5.80. The van der Waals surface area contributed by atoms with Gasteiger partial charge in [-0.3, -0.25) is 9.79 Å². The molecule has 2 heterocycles. The van der Waals surface area contributed by atoms with E-state index in [1.54, 1.807) is 11.8 Å². The highest BCUT2D eigenvalue weighted by Gasteiger charge is 2.37. The first-order valence-electron chi connectivity index (χ1n) is 6.72. The zero-order valence-electron chi connectivity index (χ0n) is 11.3. The zero-order chi connectivity index (χ0) is 13.7. The molecule has 5 heteroatoms. The van der Waals surface area contributed by atoms with Gasteiger partial charge in [-0.2, -0.15) is 0 Å². The van der Waals surface area contributed by atoms with Crippen LogP contribution in [0.2, 0.25) is 0 Å². The van der Waals surface area contributed by atoms with E-state index in [1.165, 1.54) is 26.2 Å². The first-order chi connectivity index (χ1) is 9.19. The maximum absolute atomic E-state index is 10.8. The standard InChI is InChI=1S/C14H19NO3S/c1-3-4-5-6-13-15-12-8-7-11(9-17-10(2)16)18-14(12)19-13/h11-12,14H,3-6,9H2,1-2H3/t11-,12-,14-/m1/s1. The van der Waals surface area contributed by atoms with E-state index in [9.17, 15) is 4.79 Å². The Labute approximate surface area is 119 Å². The molecule has 2 aliphatic heterocycles. The molecule has 1 fully saturated rings. The zero-order valence-corrected chi connectivity index (χ0v) is 12.2. The number of esters is 1. The van der Waals surface area contributed by atoms with Gasteiger partial charge in [-0.1, -0.05) is 31.5 Å². The normalized spacial score (nSPS) is 29.8. The van der Waals surface area contributed by atoms with Gasteiger partial charge in [-0.15, -0.1) is 0 Å². The maximum Gasteiger partial charge on any atom is 0.302 e. The second kappa shape index (κ2) is 7.29. The predicted octanol–water partition coefficient (Wildman–Crippen LogP) is 2.53. The molecule has 0 aromatic rings. The largest absolute Gasteiger partial charge is 0.463 e. The SMILES string of the molecule is CCCCCC1=N[C@@H]2[C][C][C@H](COC(C)=O)O[C@@H]2S1. The monoisotopic (exact) mass is 281 g/mol. The molecule has 0 bridgehead atoms. The Morgan fingerprint density at radius 3 is 3.05 bits per heavy atom. The number of carbonyl (C=O) groups excluding carboxylic acids is 1. The fourth-order valence-electron chi connectivity index (χ4n) is 1.95. The van der Waals surface area contributed by atoms with Crippen LogP contribution in [-0.2, 0) is 14.3 Å². The van der Waals surface area contributed by atoms with Gasteiger partial charge in [0.05, 0.1) is 11.1 Å². The highest BCUT2D eigenvalue weighted by atomic mass is 32.2. The molecule has 0 N–H and O–H groups in total. The van der Waals surface area contributed by atoms with Crippen molar-refractivity contribution >= 4 is 22.8 Å². The lowest BCUT2D eigenvalue weighted by atomic mass is 10.1. The average molecular weight is 281 g/mol. The van der Waals surface area contributed by atoms with E-state index in [2.05, 4.69) is 24.8 Å². The van der Waals surface area contributed by atoms with Crippen LogP contribution in [0.4, 0.5) is 0 Å². The van der Waals surface area contributed by atoms with Crippen LogP contribution in [0.15, 0.2) is 4.99 Å². The minimum absolute atomic E-state index is 0.0292. The Bertz CT molecular complexity index is 346. The molecular formula is C14H19NO3S. The van der Waals surface area contributed by atoms with Gasteiger partial charge >= 0.3 is 5.97 Å². The molecule has 0 unspecified atom stereocenters. The van der Waals surface area contributed by atoms with Crippen molar-refractivity contribution in [3.63, 3.8) is 0 Å². The third kappa shape index (κ3) is 4.49. The third-order valence-corrected chi connectivity index (χ3v) is 4.10. The van der Waals surface area contributed by atoms with Gasteiger partial charge in [0.1, 0.15) is 18.1 Å². The molecule has 0 aromatic carbocycles. The Kier molecular flexibility index (Phi) is 5.70. The number of hydrogen-bond acceptors (Lipinski definition) is 5. The Hall–Kier alpha value is -0.550. The quantitative estimate of drug-likeness (QED) is 0.554. The first kappa shape index (κ1) is 14.9. The van der Waals surface area contributed by atoms with Crippen molar-refractivity contribution < 1.29 is 14.3 Å². The summed E-state index contributed by atoms with van der Waals surface area (Å²) >= 11 is 1.67. The Morgan fingerprint density at radius 1 is 1.47 bits per heavy atom. The van der Waals surface area contributed by atoms with Crippen LogP contribution in [0.5, 0.6) is 0 Å². The number of unbranched alkanes of at least 4 members (excludes halogenated alkanes) is 2. The predicted molar refractivity (Wildman–Crippen MR) is 74.7 cm³/mol. The summed E-state index contributed by atoms with van der Waals surface area (Å²) in [5.74, 6) is -0.303. The summed E-state index contributed by atoms with van der Waals surface area (Å²) in [5.41, 5.74) is -0.0292. The van der Waals surface area contributed by atoms with Crippen molar-refractivity contribution in [2.24, 2.45) is 4.99 Å². The van der Waals surface area contributed by atoms with Gasteiger partial charge in [0.15, 0.2) is 0 Å². The third-order valence-electron chi connectivity index (χ3n) is 2.92. The highest BCUT2D eigenvalue weighted by molar-refractivity contribution is 8.14. The lowest BCUT2D eigenvalue weighted by molar-refractivity contribution is -0.145. The number of hydrogen-bond donors (Lipinski definition) is 0. The number of aliphatic imine (C=N–C) groups is 1. The smallest absolute Gasteiger partial charge is 0.302 e. The molecule has 1 saturated heterocycles. The van der Waals surface area contributed by atoms with Gasteiger partial charge in [0.2, 0.25) is 0 Å². The summed E-state index contributed by atoms with van der Waals surface area (Å²) in [6, 6.07) is -0.0461. The summed E-state index contributed by atoms with van der Waals surface area (Å²) in [6.45, 7) is 3.78. The summed E-state index contributed by atoms with van der Waals surface area (Å²) in [6.07, 6.45) is 10.4. The molecule has 3 atom stereocenters. The number of nitrogens with zero attached hydrogens (tertiary/aromatic N) is 1. The van der Waals surface area contributed by atoms with Crippen molar-refractivity contribution in [2.45, 2.75) is 57.1 Å². The molecule has 0 aliphatic carbocycles. The molecule has 104 valence electrons. The van der Waals surface area contributed by atoms with Crippen LogP contribution in [-0.4, -0.2) is 35.2 Å². The molecule has 0 spiro atoms. The van der Waals surface area contributed by atoms with E-state index in [4.69, 9.17) is 9.47 Å². The van der Waals surface area contributed by atoms with E-state index >= 15 is 0 Å². The van der Waals surface area contributed by atoms with Gasteiger partial charge in [-0.25, -0.2) is 0 Å². The van der Waals surface area contributed by atoms with Gasteiger partial charge in [0.25, 0.3) is 0 Å². The van der Waals surface area contributed by atoms with Crippen LogP contribution in [0.1, 0.15) is 39.5 Å². The Balaban J connectivity index is 1.74. The molecule has 0 saturated carbocycles. The second-order valence-electron chi connectivity index (χ2n) is 4.63. The van der Waals surface area contributed by atoms with Crippen molar-refractivity contribution in [3.8, 4) is 0 Å². The van der Waals surface area contributed by atoms with E-state index in [-0.39, 0.29) is 30.2 Å². The molecular weight excluding hydrogens is 262 g/mol. The fourth-order valence-corrected chi connectivity index (χ4v) is 3.10. The average Bonchev–Trinajstić information content (AvgIpc) is 2.78. The van der Waals surface area contributed by atoms with Crippen molar-refractivity contribution in [3.05, 3.63) is 12.8 Å². The molecule has 2 aliphatic rings. The molecule has 2 rings (SSSR count). The van der Waals surface area contributed by atoms with Crippen molar-refractivity contribution in [1.29, 1.82) is 0 Å². The van der Waals surface area contributed by atoms with Crippen LogP contribution in [0, 0.1) is 12.8 Å². The summed E-state index contributed by atoms with van der Waals surface area (Å²) < 4.78 is 10.7. The van der Waals surface area contributed by atoms with E-state index in [0.29, 0.717) is 0 Å². The first-order valence-corrected chi connectivity index (χ1v) is 7.60. The summed E-state index contributed by atoms with van der Waals surface area (Å²) in [7, 11) is 0. The molecule has 19 heavy (non-hydrogen) atoms. The Morgan fingerprint density at radius 2 is 2.32 bits per heavy atom. The number of ether oxygens (including phenoxy) is 2. The molecule has 0 amide bonds. The minimum atomic E-state index is -0.317. The van der Waals surface area contributed by atoms with Crippen LogP contribution >= 0.6 is 11.8 Å². The van der Waals surface area contributed by atoms with E-state index in [1.807, 2.05) is 0 Å². The van der Waals surface area contributed by atoms with Gasteiger partial charge in [-0.05, 0) is 12.8 Å². The minimum Gasteiger partial charge on any atom is -0.463 e. The number of rotatable bonds is 6. The fraction of sp³-hybridized carbons (Fsp3) is 0.714. The van der Waals surface area contributed by atoms with E-state index < -0.39 is 0 Å². The molecule has 4 radical (unpaired) electrons. The molecule has 4 nitrogen and oxygen atoms in total. The number of carbonyl (C=O) groups is 1. The lowest BCUT2D eigenvalue weighted by Crippen LogP contribution is -2.37. The van der Waals surface area contributed by atoms with Crippen LogP contribution in [0.25, 0.3) is 0 Å². The highest BCUT2D eigenvalue weighted by Crippen LogP contribution is 2.36. The van der Waals surface area contributed by atoms with Crippen molar-refractivity contribution in [2.75, 3.05) is 6.61 Å². The number of fused-ring (bicyclic) bond motifs is 1. The number of thioether (sulfide) groups is 1. The summed E-state index contributed by atoms with van der Waals surface area (Å²) in [5, 5.41) is 1.14.